The number of allylic oxidation sites excluding steroid dienone is 1. The second-order valence-electron chi connectivity index (χ2n) is 4.98. The topological polar surface area (TPSA) is 52.6 Å². The fraction of sp³-hybridized carbons (Fsp3) is 0.375. The average Bonchev–Trinajstić information content (AvgIpc) is 2.24. The van der Waals surface area contributed by atoms with Gasteiger partial charge in [0.2, 0.25) is 0 Å². The third-order valence-corrected chi connectivity index (χ3v) is 3.14. The van der Waals surface area contributed by atoms with E-state index in [1.165, 1.54) is 39.2 Å². The van der Waals surface area contributed by atoms with Crippen LogP contribution in [-0.4, -0.2) is 11.9 Å². The summed E-state index contributed by atoms with van der Waals surface area (Å²) in [4.78, 5) is 22.1. The zero-order valence-corrected chi connectivity index (χ0v) is 11.7. The Morgan fingerprint density at radius 1 is 1.05 bits per heavy atom. The van der Waals surface area contributed by atoms with Crippen molar-refractivity contribution in [3.63, 3.8) is 0 Å². The Morgan fingerprint density at radius 3 is 2.00 bits per heavy atom. The monoisotopic (exact) mass is 274 g/mol. The highest BCUT2D eigenvalue weighted by atomic mass is 16.5. The summed E-state index contributed by atoms with van der Waals surface area (Å²) in [5.41, 5.74) is 0.854. The van der Waals surface area contributed by atoms with Gasteiger partial charge >= 0.3 is 11.9 Å². The molecule has 0 unspecified atom stereocenters. The number of carbonyl (C=O) groups is 2. The Kier molecular flexibility index (Phi) is 4.56. The third kappa shape index (κ3) is 4.23. The predicted octanol–water partition coefficient (Wildman–Crippen LogP) is 3.35. The van der Waals surface area contributed by atoms with E-state index in [0.717, 1.165) is 5.56 Å². The zero-order valence-electron chi connectivity index (χ0n) is 11.7. The first-order valence-electron chi connectivity index (χ1n) is 6.73. The lowest BCUT2D eigenvalue weighted by molar-refractivity contribution is -0.132. The van der Waals surface area contributed by atoms with E-state index in [1.807, 2.05) is 6.08 Å². The van der Waals surface area contributed by atoms with Gasteiger partial charge in [0.25, 0.3) is 0 Å². The maximum absolute atomic E-state index is 11.0. The quantitative estimate of drug-likeness (QED) is 0.624. The molecule has 4 heteroatoms. The van der Waals surface area contributed by atoms with E-state index in [0.29, 0.717) is 17.4 Å². The van der Waals surface area contributed by atoms with Crippen molar-refractivity contribution < 1.29 is 19.1 Å². The molecular weight excluding hydrogens is 256 g/mol. The van der Waals surface area contributed by atoms with Crippen LogP contribution in [0.25, 0.3) is 6.08 Å². The van der Waals surface area contributed by atoms with Crippen LogP contribution in [0.4, 0.5) is 0 Å². The second kappa shape index (κ2) is 6.37. The van der Waals surface area contributed by atoms with Crippen molar-refractivity contribution in [3.8, 4) is 11.5 Å². The van der Waals surface area contributed by atoms with Crippen molar-refractivity contribution in [2.45, 2.75) is 33.1 Å². The first kappa shape index (κ1) is 14.3. The number of esters is 2. The van der Waals surface area contributed by atoms with Gasteiger partial charge < -0.3 is 9.47 Å². The van der Waals surface area contributed by atoms with Gasteiger partial charge in [-0.25, -0.2) is 0 Å². The predicted molar refractivity (Wildman–Crippen MR) is 75.4 cm³/mol. The minimum Gasteiger partial charge on any atom is -0.427 e. The van der Waals surface area contributed by atoms with E-state index in [4.69, 9.17) is 9.47 Å². The van der Waals surface area contributed by atoms with Crippen LogP contribution in [0.2, 0.25) is 0 Å². The number of hydrogen-bond donors (Lipinski definition) is 0. The molecule has 1 aliphatic carbocycles. The Morgan fingerprint density at radius 2 is 1.60 bits per heavy atom. The highest BCUT2D eigenvalue weighted by molar-refractivity contribution is 5.72. The number of hydrogen-bond acceptors (Lipinski definition) is 4. The molecule has 1 saturated carbocycles. The standard InChI is InChI=1S/C16H18O4/c1-11(17)19-15-8-14(7-6-13-4-3-5-13)9-16(10-15)20-12(2)18/h6-10,13H,3-5H2,1-2H3/b7-6+. The van der Waals surface area contributed by atoms with Gasteiger partial charge in [0.05, 0.1) is 0 Å². The van der Waals surface area contributed by atoms with Crippen LogP contribution < -0.4 is 9.47 Å². The Hall–Kier alpha value is -2.10. The number of carbonyl (C=O) groups excluding carboxylic acids is 2. The molecule has 1 fully saturated rings. The highest BCUT2D eigenvalue weighted by Crippen LogP contribution is 2.29. The Labute approximate surface area is 118 Å². The van der Waals surface area contributed by atoms with Crippen molar-refractivity contribution in [2.75, 3.05) is 0 Å². The highest BCUT2D eigenvalue weighted by Gasteiger charge is 2.13. The lowest BCUT2D eigenvalue weighted by Gasteiger charge is -2.21. The molecule has 4 nitrogen and oxygen atoms in total. The molecular formula is C16H18O4. The van der Waals surface area contributed by atoms with Crippen molar-refractivity contribution in [1.82, 2.24) is 0 Å². The van der Waals surface area contributed by atoms with Gasteiger partial charge in [-0.2, -0.15) is 0 Å². The Bertz CT molecular complexity index is 507. The van der Waals surface area contributed by atoms with Crippen LogP contribution in [0, 0.1) is 5.92 Å². The molecule has 0 saturated heterocycles. The van der Waals surface area contributed by atoms with Crippen molar-refractivity contribution in [2.24, 2.45) is 5.92 Å². The van der Waals surface area contributed by atoms with E-state index < -0.39 is 11.9 Å². The van der Waals surface area contributed by atoms with E-state index in [-0.39, 0.29) is 0 Å². The van der Waals surface area contributed by atoms with Crippen LogP contribution >= 0.6 is 0 Å². The molecule has 0 N–H and O–H groups in total. The lowest BCUT2D eigenvalue weighted by Crippen LogP contribution is -2.07. The van der Waals surface area contributed by atoms with Crippen molar-refractivity contribution >= 4 is 18.0 Å². The maximum atomic E-state index is 11.0. The van der Waals surface area contributed by atoms with E-state index >= 15 is 0 Å². The number of rotatable bonds is 4. The van der Waals surface area contributed by atoms with Crippen LogP contribution in [0.5, 0.6) is 11.5 Å². The molecule has 1 aromatic rings. The summed E-state index contributed by atoms with van der Waals surface area (Å²) in [6, 6.07) is 5.04. The maximum Gasteiger partial charge on any atom is 0.308 e. The molecule has 20 heavy (non-hydrogen) atoms. The molecule has 2 rings (SSSR count). The van der Waals surface area contributed by atoms with Crippen molar-refractivity contribution in [3.05, 3.63) is 29.8 Å². The normalized spacial score (nSPS) is 14.9. The summed E-state index contributed by atoms with van der Waals surface area (Å²) in [5.74, 6) is 0.580. The SMILES string of the molecule is CC(=O)Oc1cc(/C=C/C2CCC2)cc(OC(C)=O)c1. The molecule has 0 radical (unpaired) electrons. The third-order valence-electron chi connectivity index (χ3n) is 3.14. The van der Waals surface area contributed by atoms with Gasteiger partial charge in [0.1, 0.15) is 11.5 Å². The van der Waals surface area contributed by atoms with Gasteiger partial charge in [0, 0.05) is 19.9 Å². The van der Waals surface area contributed by atoms with Gasteiger partial charge in [-0.3, -0.25) is 9.59 Å². The van der Waals surface area contributed by atoms with Crippen molar-refractivity contribution in [1.29, 1.82) is 0 Å². The van der Waals surface area contributed by atoms with E-state index in [1.54, 1.807) is 12.1 Å². The molecule has 1 aliphatic rings. The van der Waals surface area contributed by atoms with Gasteiger partial charge in [0.15, 0.2) is 0 Å². The number of ether oxygens (including phenoxy) is 2. The summed E-state index contributed by atoms with van der Waals surface area (Å²) in [6.07, 6.45) is 7.84. The minimum atomic E-state index is -0.404. The fourth-order valence-corrected chi connectivity index (χ4v) is 2.02. The molecule has 106 valence electrons. The summed E-state index contributed by atoms with van der Waals surface area (Å²) in [6.45, 7) is 2.67. The summed E-state index contributed by atoms with van der Waals surface area (Å²) >= 11 is 0. The second-order valence-corrected chi connectivity index (χ2v) is 4.98. The molecule has 0 atom stereocenters. The van der Waals surface area contributed by atoms with Gasteiger partial charge in [-0.1, -0.05) is 18.6 Å². The van der Waals surface area contributed by atoms with E-state index in [9.17, 15) is 9.59 Å². The summed E-state index contributed by atoms with van der Waals surface area (Å²) < 4.78 is 10.1. The first-order valence-corrected chi connectivity index (χ1v) is 6.73. The average molecular weight is 274 g/mol. The molecule has 0 spiro atoms. The lowest BCUT2D eigenvalue weighted by atomic mass is 9.85. The molecule has 0 aromatic heterocycles. The van der Waals surface area contributed by atoms with Gasteiger partial charge in [-0.05, 0) is 36.5 Å². The molecule has 1 aromatic carbocycles. The molecule has 0 aliphatic heterocycles. The Balaban J connectivity index is 2.21. The summed E-state index contributed by atoms with van der Waals surface area (Å²) in [5, 5.41) is 0. The minimum absolute atomic E-state index is 0.379. The first-order chi connectivity index (χ1) is 9.52. The van der Waals surface area contributed by atoms with Crippen LogP contribution in [-0.2, 0) is 9.59 Å². The zero-order chi connectivity index (χ0) is 14.5. The van der Waals surface area contributed by atoms with E-state index in [2.05, 4.69) is 6.08 Å². The molecule has 0 bridgehead atoms. The van der Waals surface area contributed by atoms with Crippen LogP contribution in [0.3, 0.4) is 0 Å². The molecule has 0 amide bonds. The summed E-state index contributed by atoms with van der Waals surface area (Å²) in [7, 11) is 0. The fourth-order valence-electron chi connectivity index (χ4n) is 2.02. The van der Waals surface area contributed by atoms with Gasteiger partial charge in [-0.15, -0.1) is 0 Å². The smallest absolute Gasteiger partial charge is 0.308 e. The van der Waals surface area contributed by atoms with Crippen LogP contribution in [0.15, 0.2) is 24.3 Å². The number of benzene rings is 1. The molecule has 0 heterocycles. The van der Waals surface area contributed by atoms with Crippen LogP contribution in [0.1, 0.15) is 38.7 Å². The largest absolute Gasteiger partial charge is 0.427 e.